The Labute approximate surface area is 163 Å². The lowest BCUT2D eigenvalue weighted by Gasteiger charge is -2.24. The number of aryl methyl sites for hydroxylation is 1. The fourth-order valence-corrected chi connectivity index (χ4v) is 4.30. The summed E-state index contributed by atoms with van der Waals surface area (Å²) in [5.41, 5.74) is 5.36. The largest absolute Gasteiger partial charge is 0.386 e. The van der Waals surface area contributed by atoms with Crippen molar-refractivity contribution in [3.63, 3.8) is 0 Å². The molecule has 0 saturated heterocycles. The molecule has 1 aromatic heterocycles. The smallest absolute Gasteiger partial charge is 0.0840 e. The van der Waals surface area contributed by atoms with Gasteiger partial charge in [-0.15, -0.1) is 0 Å². The number of aromatic nitrogens is 1. The van der Waals surface area contributed by atoms with Crippen LogP contribution in [0, 0.1) is 0 Å². The van der Waals surface area contributed by atoms with Gasteiger partial charge < -0.3 is 15.4 Å². The highest BCUT2D eigenvalue weighted by atomic mass is 79.9. The van der Waals surface area contributed by atoms with Gasteiger partial charge in [0, 0.05) is 33.7 Å². The molecule has 3 nitrogen and oxygen atoms in total. The van der Waals surface area contributed by atoms with Crippen LogP contribution in [0.25, 0.3) is 10.9 Å². The number of hydrogen-bond acceptors (Lipinski definition) is 2. The van der Waals surface area contributed by atoms with Gasteiger partial charge in [0.25, 0.3) is 0 Å². The Hall–Kier alpha value is -1.62. The normalized spacial score (nSPS) is 17.5. The van der Waals surface area contributed by atoms with E-state index in [9.17, 15) is 5.11 Å². The summed E-state index contributed by atoms with van der Waals surface area (Å²) in [6.07, 6.45) is 3.48. The Morgan fingerprint density at radius 3 is 2.88 bits per heavy atom. The first kappa shape index (κ1) is 17.8. The summed E-state index contributed by atoms with van der Waals surface area (Å²) in [5, 5.41) is 15.3. The van der Waals surface area contributed by atoms with Crippen molar-refractivity contribution in [3.05, 3.63) is 69.3 Å². The Morgan fingerprint density at radius 2 is 2.08 bits per heavy atom. The number of rotatable bonds is 4. The van der Waals surface area contributed by atoms with Crippen molar-refractivity contribution in [3.8, 4) is 0 Å². The maximum Gasteiger partial charge on any atom is 0.0840 e. The lowest BCUT2D eigenvalue weighted by molar-refractivity contribution is 0.0785. The molecule has 0 spiro atoms. The Morgan fingerprint density at radius 1 is 1.23 bits per heavy atom. The number of benzene rings is 2. The molecule has 0 saturated carbocycles. The quantitative estimate of drug-likeness (QED) is 0.542. The molecule has 0 fully saturated rings. The average Bonchev–Trinajstić information content (AvgIpc) is 2.98. The van der Waals surface area contributed by atoms with Crippen molar-refractivity contribution in [2.45, 2.75) is 51.3 Å². The third-order valence-electron chi connectivity index (χ3n) is 5.36. The predicted octanol–water partition coefficient (Wildman–Crippen LogP) is 5.33. The van der Waals surface area contributed by atoms with Gasteiger partial charge in [0.2, 0.25) is 0 Å². The van der Waals surface area contributed by atoms with E-state index < -0.39 is 5.60 Å². The van der Waals surface area contributed by atoms with E-state index in [0.717, 1.165) is 29.4 Å². The molecule has 26 heavy (non-hydrogen) atoms. The van der Waals surface area contributed by atoms with E-state index in [0.29, 0.717) is 6.04 Å². The van der Waals surface area contributed by atoms with Gasteiger partial charge in [-0.25, -0.2) is 0 Å². The summed E-state index contributed by atoms with van der Waals surface area (Å²) in [5.74, 6) is 0. The maximum atomic E-state index is 10.2. The van der Waals surface area contributed by atoms with Gasteiger partial charge in [0.1, 0.15) is 0 Å². The molecule has 1 atom stereocenters. The molecule has 1 aliphatic carbocycles. The van der Waals surface area contributed by atoms with Crippen LogP contribution in [0.1, 0.15) is 55.1 Å². The number of halogens is 1. The molecule has 0 bridgehead atoms. The van der Waals surface area contributed by atoms with E-state index >= 15 is 0 Å². The number of hydrogen-bond donors (Lipinski definition) is 3. The maximum absolute atomic E-state index is 10.2. The van der Waals surface area contributed by atoms with Crippen molar-refractivity contribution in [1.82, 2.24) is 10.3 Å². The van der Waals surface area contributed by atoms with Gasteiger partial charge >= 0.3 is 0 Å². The van der Waals surface area contributed by atoms with Crippen LogP contribution in [0.5, 0.6) is 0 Å². The number of nitrogens with one attached hydrogen (secondary N) is 2. The lowest BCUT2D eigenvalue weighted by atomic mass is 9.91. The fourth-order valence-electron chi connectivity index (χ4n) is 3.94. The minimum Gasteiger partial charge on any atom is -0.386 e. The standard InChI is InChI=1S/C22H25BrN2O/c1-22(2,26)15-6-3-5-14(11-15)13-24-20-8-4-7-17-18-12-16(23)9-10-19(18)25-21(17)20/h3,5-6,9-12,20,24-26H,4,7-8,13H2,1-2H3/t20-/m1/s1. The van der Waals surface area contributed by atoms with E-state index in [1.54, 1.807) is 0 Å². The van der Waals surface area contributed by atoms with Crippen LogP contribution < -0.4 is 5.32 Å². The van der Waals surface area contributed by atoms with Crippen LogP contribution in [-0.2, 0) is 18.6 Å². The Kier molecular flexibility index (Phi) is 4.68. The molecule has 4 heteroatoms. The first-order chi connectivity index (χ1) is 12.4. The Balaban J connectivity index is 1.57. The zero-order chi connectivity index (χ0) is 18.3. The number of aromatic amines is 1. The highest BCUT2D eigenvalue weighted by molar-refractivity contribution is 9.10. The number of fused-ring (bicyclic) bond motifs is 3. The van der Waals surface area contributed by atoms with E-state index in [1.165, 1.54) is 34.1 Å². The second-order valence-electron chi connectivity index (χ2n) is 7.79. The molecular weight excluding hydrogens is 388 g/mol. The predicted molar refractivity (Wildman–Crippen MR) is 110 cm³/mol. The molecule has 3 N–H and O–H groups in total. The third-order valence-corrected chi connectivity index (χ3v) is 5.85. The molecule has 2 aromatic carbocycles. The summed E-state index contributed by atoms with van der Waals surface area (Å²) in [6.45, 7) is 4.46. The average molecular weight is 413 g/mol. The molecule has 0 aliphatic heterocycles. The molecule has 0 radical (unpaired) electrons. The second kappa shape index (κ2) is 6.84. The summed E-state index contributed by atoms with van der Waals surface area (Å²) in [4.78, 5) is 3.64. The van der Waals surface area contributed by atoms with Crippen molar-refractivity contribution in [1.29, 1.82) is 0 Å². The van der Waals surface area contributed by atoms with Gasteiger partial charge in [-0.05, 0) is 68.0 Å². The van der Waals surface area contributed by atoms with E-state index in [2.05, 4.69) is 56.6 Å². The van der Waals surface area contributed by atoms with Crippen molar-refractivity contribution >= 4 is 26.8 Å². The number of H-pyrrole nitrogens is 1. The van der Waals surface area contributed by atoms with Crippen molar-refractivity contribution in [2.24, 2.45) is 0 Å². The summed E-state index contributed by atoms with van der Waals surface area (Å²) in [7, 11) is 0. The van der Waals surface area contributed by atoms with E-state index in [-0.39, 0.29) is 0 Å². The third kappa shape index (κ3) is 3.46. The molecule has 136 valence electrons. The second-order valence-corrected chi connectivity index (χ2v) is 8.71. The summed E-state index contributed by atoms with van der Waals surface area (Å²) in [6, 6.07) is 15.0. The molecule has 0 amide bonds. The Bertz CT molecular complexity index is 939. The van der Waals surface area contributed by atoms with Gasteiger partial charge in [-0.2, -0.15) is 0 Å². The van der Waals surface area contributed by atoms with Crippen LogP contribution >= 0.6 is 15.9 Å². The van der Waals surface area contributed by atoms with Gasteiger partial charge in [-0.1, -0.05) is 40.2 Å². The first-order valence-electron chi connectivity index (χ1n) is 9.27. The molecule has 0 unspecified atom stereocenters. The molecule has 4 rings (SSSR count). The minimum atomic E-state index is -0.807. The zero-order valence-electron chi connectivity index (χ0n) is 15.3. The molecule has 1 aliphatic rings. The lowest BCUT2D eigenvalue weighted by Crippen LogP contribution is -2.25. The number of aliphatic hydroxyl groups is 1. The first-order valence-corrected chi connectivity index (χ1v) is 10.1. The SMILES string of the molecule is CC(C)(O)c1cccc(CN[C@@H]2CCCc3c2[nH]c2ccc(Br)cc32)c1. The van der Waals surface area contributed by atoms with Gasteiger partial charge in [0.15, 0.2) is 0 Å². The van der Waals surface area contributed by atoms with Crippen molar-refractivity contribution < 1.29 is 5.11 Å². The zero-order valence-corrected chi connectivity index (χ0v) is 16.9. The van der Waals surface area contributed by atoms with Gasteiger partial charge in [0.05, 0.1) is 5.60 Å². The summed E-state index contributed by atoms with van der Waals surface area (Å²) < 4.78 is 1.13. The van der Waals surface area contributed by atoms with E-state index in [4.69, 9.17) is 0 Å². The van der Waals surface area contributed by atoms with Gasteiger partial charge in [-0.3, -0.25) is 0 Å². The van der Waals surface area contributed by atoms with Crippen LogP contribution in [-0.4, -0.2) is 10.1 Å². The topological polar surface area (TPSA) is 48.0 Å². The highest BCUT2D eigenvalue weighted by Crippen LogP contribution is 2.36. The highest BCUT2D eigenvalue weighted by Gasteiger charge is 2.24. The fraction of sp³-hybridized carbons (Fsp3) is 0.364. The molecule has 1 heterocycles. The van der Waals surface area contributed by atoms with Crippen LogP contribution in [0.2, 0.25) is 0 Å². The summed E-state index contributed by atoms with van der Waals surface area (Å²) >= 11 is 3.59. The van der Waals surface area contributed by atoms with Crippen molar-refractivity contribution in [2.75, 3.05) is 0 Å². The monoisotopic (exact) mass is 412 g/mol. The van der Waals surface area contributed by atoms with Crippen LogP contribution in [0.15, 0.2) is 46.9 Å². The minimum absolute atomic E-state index is 0.343. The molecule has 3 aromatic rings. The van der Waals surface area contributed by atoms with E-state index in [1.807, 2.05) is 26.0 Å². The molecular formula is C22H25BrN2O. The van der Waals surface area contributed by atoms with Crippen LogP contribution in [0.4, 0.5) is 0 Å². The van der Waals surface area contributed by atoms with Crippen LogP contribution in [0.3, 0.4) is 0 Å².